The highest BCUT2D eigenvalue weighted by molar-refractivity contribution is 7.98. The SMILES string of the molecule is Cc1sc2ncnc(SCc3cn4cccc(C)c4n3)c2c1C. The van der Waals surface area contributed by atoms with Crippen LogP contribution in [0.15, 0.2) is 35.9 Å². The number of nitrogens with zero attached hydrogens (tertiary/aromatic N) is 4. The summed E-state index contributed by atoms with van der Waals surface area (Å²) < 4.78 is 2.08. The fourth-order valence-electron chi connectivity index (χ4n) is 2.68. The van der Waals surface area contributed by atoms with Crippen molar-refractivity contribution in [1.82, 2.24) is 19.4 Å². The Hall–Kier alpha value is -1.92. The third-order valence-corrected chi connectivity index (χ3v) is 6.15. The predicted octanol–water partition coefficient (Wildman–Crippen LogP) is 4.56. The highest BCUT2D eigenvalue weighted by Gasteiger charge is 2.13. The summed E-state index contributed by atoms with van der Waals surface area (Å²) in [6.07, 6.45) is 5.80. The van der Waals surface area contributed by atoms with Crippen LogP contribution in [-0.2, 0) is 5.75 Å². The number of aryl methyl sites for hydroxylation is 3. The number of rotatable bonds is 3. The van der Waals surface area contributed by atoms with Gasteiger partial charge in [0.15, 0.2) is 0 Å². The van der Waals surface area contributed by atoms with Crippen molar-refractivity contribution < 1.29 is 0 Å². The van der Waals surface area contributed by atoms with Crippen molar-refractivity contribution in [2.75, 3.05) is 0 Å². The first-order valence-corrected chi connectivity index (χ1v) is 9.20. The second-order valence-electron chi connectivity index (χ2n) is 5.59. The first-order chi connectivity index (χ1) is 11.1. The maximum absolute atomic E-state index is 4.74. The van der Waals surface area contributed by atoms with Crippen molar-refractivity contribution in [1.29, 1.82) is 0 Å². The molecule has 23 heavy (non-hydrogen) atoms. The van der Waals surface area contributed by atoms with Gasteiger partial charge in [0.05, 0.1) is 5.69 Å². The lowest BCUT2D eigenvalue weighted by molar-refractivity contribution is 1.10. The van der Waals surface area contributed by atoms with Crippen molar-refractivity contribution in [3.8, 4) is 0 Å². The zero-order chi connectivity index (χ0) is 16.0. The third kappa shape index (κ3) is 2.52. The van der Waals surface area contributed by atoms with E-state index in [0.29, 0.717) is 0 Å². The summed E-state index contributed by atoms with van der Waals surface area (Å²) in [7, 11) is 0. The molecule has 0 aliphatic carbocycles. The summed E-state index contributed by atoms with van der Waals surface area (Å²) in [6, 6.07) is 4.14. The van der Waals surface area contributed by atoms with Crippen LogP contribution in [-0.4, -0.2) is 19.4 Å². The lowest BCUT2D eigenvalue weighted by Gasteiger charge is -2.01. The van der Waals surface area contributed by atoms with Gasteiger partial charge in [0.2, 0.25) is 0 Å². The summed E-state index contributed by atoms with van der Waals surface area (Å²) in [6.45, 7) is 6.38. The molecule has 4 heterocycles. The molecule has 0 aliphatic heterocycles. The lowest BCUT2D eigenvalue weighted by Crippen LogP contribution is -1.87. The number of thioether (sulfide) groups is 1. The molecule has 0 amide bonds. The quantitative estimate of drug-likeness (QED) is 0.405. The molecule has 0 atom stereocenters. The molecular weight excluding hydrogens is 324 g/mol. The Morgan fingerprint density at radius 2 is 2.09 bits per heavy atom. The smallest absolute Gasteiger partial charge is 0.139 e. The molecular formula is C17H16N4S2. The van der Waals surface area contributed by atoms with Gasteiger partial charge in [-0.1, -0.05) is 17.8 Å². The van der Waals surface area contributed by atoms with E-state index in [1.54, 1.807) is 29.4 Å². The first kappa shape index (κ1) is 14.7. The minimum atomic E-state index is 0.807. The molecule has 116 valence electrons. The Labute approximate surface area is 142 Å². The van der Waals surface area contributed by atoms with Gasteiger partial charge in [-0.15, -0.1) is 11.3 Å². The molecule has 0 bridgehead atoms. The standard InChI is InChI=1S/C17H16N4S2/c1-10-5-4-6-21-7-13(20-15(10)21)8-22-16-14-11(2)12(3)23-17(14)19-9-18-16/h4-7,9H,8H2,1-3H3. The second-order valence-corrected chi connectivity index (χ2v) is 7.75. The van der Waals surface area contributed by atoms with Crippen molar-refractivity contribution >= 4 is 39.0 Å². The third-order valence-electron chi connectivity index (χ3n) is 4.02. The van der Waals surface area contributed by atoms with Crippen molar-refractivity contribution in [2.24, 2.45) is 0 Å². The van der Waals surface area contributed by atoms with E-state index < -0.39 is 0 Å². The van der Waals surface area contributed by atoms with E-state index >= 15 is 0 Å². The van der Waals surface area contributed by atoms with E-state index in [1.807, 2.05) is 12.3 Å². The van der Waals surface area contributed by atoms with Gasteiger partial charge in [0.1, 0.15) is 21.8 Å². The van der Waals surface area contributed by atoms with Crippen LogP contribution in [0, 0.1) is 20.8 Å². The van der Waals surface area contributed by atoms with Gasteiger partial charge in [-0.2, -0.15) is 0 Å². The summed E-state index contributed by atoms with van der Waals surface area (Å²) in [5.41, 5.74) is 4.58. The van der Waals surface area contributed by atoms with E-state index in [0.717, 1.165) is 27.0 Å². The largest absolute Gasteiger partial charge is 0.307 e. The van der Waals surface area contributed by atoms with Gasteiger partial charge in [0, 0.05) is 28.4 Å². The van der Waals surface area contributed by atoms with Gasteiger partial charge in [-0.05, 0) is 38.0 Å². The topological polar surface area (TPSA) is 43.1 Å². The van der Waals surface area contributed by atoms with Crippen molar-refractivity contribution in [2.45, 2.75) is 31.6 Å². The Kier molecular flexibility index (Phi) is 3.58. The summed E-state index contributed by atoms with van der Waals surface area (Å²) in [5.74, 6) is 0.807. The molecule has 4 aromatic heterocycles. The minimum Gasteiger partial charge on any atom is -0.307 e. The molecule has 0 aromatic carbocycles. The fourth-order valence-corrected chi connectivity index (χ4v) is 4.68. The van der Waals surface area contributed by atoms with E-state index in [1.165, 1.54) is 21.4 Å². The Bertz CT molecular complexity index is 1020. The molecule has 4 rings (SSSR count). The van der Waals surface area contributed by atoms with Crippen LogP contribution in [0.1, 0.15) is 21.7 Å². The Balaban J connectivity index is 1.67. The Morgan fingerprint density at radius 3 is 2.91 bits per heavy atom. The van der Waals surface area contributed by atoms with Crippen LogP contribution in [0.2, 0.25) is 0 Å². The minimum absolute atomic E-state index is 0.807. The van der Waals surface area contributed by atoms with Crippen LogP contribution in [0.25, 0.3) is 15.9 Å². The van der Waals surface area contributed by atoms with Crippen molar-refractivity contribution in [3.05, 3.63) is 52.6 Å². The van der Waals surface area contributed by atoms with Crippen LogP contribution in [0.3, 0.4) is 0 Å². The summed E-state index contributed by atoms with van der Waals surface area (Å²) >= 11 is 3.47. The first-order valence-electron chi connectivity index (χ1n) is 7.40. The number of thiophene rings is 1. The number of aromatic nitrogens is 4. The number of hydrogen-bond donors (Lipinski definition) is 0. The van der Waals surface area contributed by atoms with Crippen molar-refractivity contribution in [3.63, 3.8) is 0 Å². The number of hydrogen-bond acceptors (Lipinski definition) is 5. The zero-order valence-corrected chi connectivity index (χ0v) is 14.8. The van der Waals surface area contributed by atoms with Crippen LogP contribution < -0.4 is 0 Å². The maximum Gasteiger partial charge on any atom is 0.139 e. The van der Waals surface area contributed by atoms with Crippen LogP contribution in [0.4, 0.5) is 0 Å². The second kappa shape index (κ2) is 5.62. The van der Waals surface area contributed by atoms with Crippen LogP contribution >= 0.6 is 23.1 Å². The van der Waals surface area contributed by atoms with E-state index in [2.05, 4.69) is 47.4 Å². The molecule has 0 saturated heterocycles. The van der Waals surface area contributed by atoms with Gasteiger partial charge < -0.3 is 4.40 Å². The molecule has 0 saturated carbocycles. The van der Waals surface area contributed by atoms with Gasteiger partial charge in [0.25, 0.3) is 0 Å². The average Bonchev–Trinajstić information content (AvgIpc) is 3.08. The maximum atomic E-state index is 4.74. The molecule has 0 N–H and O–H groups in total. The molecule has 4 nitrogen and oxygen atoms in total. The number of pyridine rings is 1. The number of imidazole rings is 1. The van der Waals surface area contributed by atoms with Gasteiger partial charge in [-0.25, -0.2) is 15.0 Å². The fraction of sp³-hybridized carbons (Fsp3) is 0.235. The molecule has 0 unspecified atom stereocenters. The van der Waals surface area contributed by atoms with Gasteiger partial charge >= 0.3 is 0 Å². The van der Waals surface area contributed by atoms with E-state index in [4.69, 9.17) is 4.98 Å². The molecule has 0 radical (unpaired) electrons. The summed E-state index contributed by atoms with van der Waals surface area (Å²) in [4.78, 5) is 16.0. The monoisotopic (exact) mass is 340 g/mol. The zero-order valence-electron chi connectivity index (χ0n) is 13.2. The molecule has 0 spiro atoms. The normalized spacial score (nSPS) is 11.6. The number of fused-ring (bicyclic) bond motifs is 2. The highest BCUT2D eigenvalue weighted by atomic mass is 32.2. The highest BCUT2D eigenvalue weighted by Crippen LogP contribution is 2.35. The van der Waals surface area contributed by atoms with Gasteiger partial charge in [-0.3, -0.25) is 0 Å². The molecule has 6 heteroatoms. The van der Waals surface area contributed by atoms with E-state index in [-0.39, 0.29) is 0 Å². The molecule has 4 aromatic rings. The predicted molar refractivity (Wildman–Crippen MR) is 96.4 cm³/mol. The Morgan fingerprint density at radius 1 is 1.22 bits per heavy atom. The summed E-state index contributed by atoms with van der Waals surface area (Å²) in [5, 5.41) is 2.24. The molecule has 0 fully saturated rings. The lowest BCUT2D eigenvalue weighted by atomic mass is 10.2. The molecule has 0 aliphatic rings. The van der Waals surface area contributed by atoms with Crippen LogP contribution in [0.5, 0.6) is 0 Å². The van der Waals surface area contributed by atoms with E-state index in [9.17, 15) is 0 Å². The average molecular weight is 340 g/mol.